The molecule has 34 heavy (non-hydrogen) atoms. The molecule has 2 rings (SSSR count). The van der Waals surface area contributed by atoms with Crippen molar-refractivity contribution in [2.45, 2.75) is 49.9 Å². The van der Waals surface area contributed by atoms with Crippen LogP contribution in [0.15, 0.2) is 24.3 Å². The number of nitrogens with two attached hydrogens (primary N) is 1. The van der Waals surface area contributed by atoms with Crippen molar-refractivity contribution in [1.82, 2.24) is 15.5 Å². The standard InChI is InChI=1S/C22H32N4O7S/c1-34-10-8-15(23)19(29)25-17(12-27)21(31)26-9-2-3-18(26)20(30)24-16(22(32)33)11-13-4-6-14(28)7-5-13/h4-7,15-18,27-28H,2-3,8-12,23H2,1H3,(H,24,30)(H,25,29)(H,32,33). The van der Waals surface area contributed by atoms with E-state index in [0.29, 0.717) is 30.6 Å². The van der Waals surface area contributed by atoms with Crippen molar-refractivity contribution in [2.75, 3.05) is 25.2 Å². The van der Waals surface area contributed by atoms with Crippen LogP contribution in [0, 0.1) is 0 Å². The molecular formula is C22H32N4O7S. The minimum atomic E-state index is -1.26. The van der Waals surface area contributed by atoms with Crippen molar-refractivity contribution in [1.29, 1.82) is 0 Å². The number of aliphatic carboxylic acids is 1. The third kappa shape index (κ3) is 7.61. The Kier molecular flexibility index (Phi) is 10.6. The first-order chi connectivity index (χ1) is 16.2. The molecule has 12 heteroatoms. The van der Waals surface area contributed by atoms with E-state index in [-0.39, 0.29) is 18.7 Å². The second-order valence-corrected chi connectivity index (χ2v) is 9.08. The second kappa shape index (κ2) is 13.2. The zero-order valence-electron chi connectivity index (χ0n) is 19.0. The summed E-state index contributed by atoms with van der Waals surface area (Å²) in [6.45, 7) is -0.430. The van der Waals surface area contributed by atoms with Crippen molar-refractivity contribution in [3.05, 3.63) is 29.8 Å². The number of nitrogens with zero attached hydrogens (tertiary/aromatic N) is 1. The smallest absolute Gasteiger partial charge is 0.326 e. The highest BCUT2D eigenvalue weighted by Crippen LogP contribution is 2.19. The van der Waals surface area contributed by atoms with Gasteiger partial charge in [0.25, 0.3) is 0 Å². The lowest BCUT2D eigenvalue weighted by molar-refractivity contribution is -0.145. The van der Waals surface area contributed by atoms with Gasteiger partial charge in [-0.15, -0.1) is 0 Å². The number of rotatable bonds is 12. The van der Waals surface area contributed by atoms with E-state index in [1.54, 1.807) is 12.1 Å². The molecule has 1 fully saturated rings. The fraction of sp³-hybridized carbons (Fsp3) is 0.545. The van der Waals surface area contributed by atoms with Crippen molar-refractivity contribution < 1.29 is 34.5 Å². The summed E-state index contributed by atoms with van der Waals surface area (Å²) < 4.78 is 0. The fourth-order valence-electron chi connectivity index (χ4n) is 3.68. The topological polar surface area (TPSA) is 182 Å². The van der Waals surface area contributed by atoms with Gasteiger partial charge in [0.2, 0.25) is 17.7 Å². The van der Waals surface area contributed by atoms with E-state index in [1.807, 2.05) is 6.26 Å². The Morgan fingerprint density at radius 2 is 1.85 bits per heavy atom. The number of carboxylic acid groups (broad SMARTS) is 1. The molecule has 188 valence electrons. The minimum absolute atomic E-state index is 0.00865. The fourth-order valence-corrected chi connectivity index (χ4v) is 4.17. The zero-order chi connectivity index (χ0) is 25.3. The van der Waals surface area contributed by atoms with E-state index in [4.69, 9.17) is 5.73 Å². The molecule has 3 amide bonds. The summed E-state index contributed by atoms with van der Waals surface area (Å²) in [4.78, 5) is 51.1. The maximum absolute atomic E-state index is 13.0. The highest BCUT2D eigenvalue weighted by Gasteiger charge is 2.39. The van der Waals surface area contributed by atoms with Crippen LogP contribution < -0.4 is 16.4 Å². The van der Waals surface area contributed by atoms with Crippen LogP contribution in [0.2, 0.25) is 0 Å². The number of phenolic OH excluding ortho intramolecular Hbond substituents is 1. The monoisotopic (exact) mass is 496 g/mol. The molecule has 1 saturated heterocycles. The highest BCUT2D eigenvalue weighted by molar-refractivity contribution is 7.98. The molecule has 1 aromatic carbocycles. The molecule has 11 nitrogen and oxygen atoms in total. The number of aliphatic hydroxyl groups is 1. The summed E-state index contributed by atoms with van der Waals surface area (Å²) >= 11 is 1.53. The summed E-state index contributed by atoms with van der Waals surface area (Å²) in [6.07, 6.45) is 3.11. The molecule has 0 bridgehead atoms. The van der Waals surface area contributed by atoms with Crippen LogP contribution in [-0.4, -0.2) is 93.2 Å². The summed E-state index contributed by atoms with van der Waals surface area (Å²) in [6, 6.07) is 1.70. The Morgan fingerprint density at radius 1 is 1.18 bits per heavy atom. The number of nitrogens with one attached hydrogen (secondary N) is 2. The van der Waals surface area contributed by atoms with Gasteiger partial charge >= 0.3 is 5.97 Å². The number of phenols is 1. The molecular weight excluding hydrogens is 464 g/mol. The number of benzene rings is 1. The number of aromatic hydroxyl groups is 1. The Morgan fingerprint density at radius 3 is 2.44 bits per heavy atom. The number of carbonyl (C=O) groups is 4. The van der Waals surface area contributed by atoms with E-state index >= 15 is 0 Å². The molecule has 0 aromatic heterocycles. The molecule has 4 unspecified atom stereocenters. The summed E-state index contributed by atoms with van der Waals surface area (Å²) in [5, 5.41) is 33.6. The molecule has 1 aliphatic heterocycles. The zero-order valence-corrected chi connectivity index (χ0v) is 19.8. The number of carboxylic acids is 1. The minimum Gasteiger partial charge on any atom is -0.508 e. The predicted molar refractivity (Wildman–Crippen MR) is 126 cm³/mol. The largest absolute Gasteiger partial charge is 0.508 e. The first kappa shape index (κ1) is 27.4. The van der Waals surface area contributed by atoms with Crippen LogP contribution in [0.1, 0.15) is 24.8 Å². The van der Waals surface area contributed by atoms with Gasteiger partial charge in [-0.1, -0.05) is 12.1 Å². The first-order valence-electron chi connectivity index (χ1n) is 10.9. The number of amides is 3. The maximum Gasteiger partial charge on any atom is 0.326 e. The lowest BCUT2D eigenvalue weighted by Crippen LogP contribution is -2.58. The lowest BCUT2D eigenvalue weighted by atomic mass is 10.0. The van der Waals surface area contributed by atoms with Gasteiger partial charge in [-0.05, 0) is 49.0 Å². The molecule has 4 atom stereocenters. The van der Waals surface area contributed by atoms with Gasteiger partial charge < -0.3 is 36.6 Å². The summed E-state index contributed by atoms with van der Waals surface area (Å²) in [5.74, 6) is -2.36. The number of hydrogen-bond donors (Lipinski definition) is 6. The van der Waals surface area contributed by atoms with Gasteiger partial charge in [-0.3, -0.25) is 14.4 Å². The van der Waals surface area contributed by atoms with Crippen molar-refractivity contribution >= 4 is 35.5 Å². The highest BCUT2D eigenvalue weighted by atomic mass is 32.2. The number of carbonyl (C=O) groups excluding carboxylic acids is 3. The van der Waals surface area contributed by atoms with Gasteiger partial charge in [0.15, 0.2) is 0 Å². The second-order valence-electron chi connectivity index (χ2n) is 8.09. The average Bonchev–Trinajstić information content (AvgIpc) is 3.31. The quantitative estimate of drug-likeness (QED) is 0.212. The van der Waals surface area contributed by atoms with Crippen LogP contribution in [-0.2, 0) is 25.6 Å². The number of aliphatic hydroxyl groups excluding tert-OH is 1. The number of likely N-dealkylation sites (tertiary alicyclic amines) is 1. The SMILES string of the molecule is CSCCC(N)C(=O)NC(CO)C(=O)N1CCCC1C(=O)NC(Cc1ccc(O)cc1)C(=O)O. The van der Waals surface area contributed by atoms with E-state index in [0.717, 1.165) is 0 Å². The molecule has 1 aromatic rings. The van der Waals surface area contributed by atoms with E-state index in [9.17, 15) is 34.5 Å². The van der Waals surface area contributed by atoms with Crippen LogP contribution in [0.3, 0.4) is 0 Å². The third-order valence-electron chi connectivity index (χ3n) is 5.60. The van der Waals surface area contributed by atoms with Crippen LogP contribution >= 0.6 is 11.8 Å². The van der Waals surface area contributed by atoms with Crippen LogP contribution in [0.25, 0.3) is 0 Å². The lowest BCUT2D eigenvalue weighted by Gasteiger charge is -2.29. The van der Waals surface area contributed by atoms with Crippen LogP contribution in [0.4, 0.5) is 0 Å². The summed E-state index contributed by atoms with van der Waals surface area (Å²) in [5.41, 5.74) is 6.43. The Labute approximate surface area is 202 Å². The molecule has 7 N–H and O–H groups in total. The predicted octanol–water partition coefficient (Wildman–Crippen LogP) is -0.947. The van der Waals surface area contributed by atoms with Gasteiger partial charge in [-0.25, -0.2) is 4.79 Å². The molecule has 0 saturated carbocycles. The third-order valence-corrected chi connectivity index (χ3v) is 6.24. The van der Waals surface area contributed by atoms with Crippen molar-refractivity contribution in [2.24, 2.45) is 5.73 Å². The van der Waals surface area contributed by atoms with Gasteiger partial charge in [0.1, 0.15) is 23.9 Å². The summed E-state index contributed by atoms with van der Waals surface area (Å²) in [7, 11) is 0. The number of hydrogen-bond acceptors (Lipinski definition) is 8. The van der Waals surface area contributed by atoms with E-state index in [1.165, 1.54) is 28.8 Å². The van der Waals surface area contributed by atoms with Crippen molar-refractivity contribution in [3.8, 4) is 5.75 Å². The molecule has 0 aliphatic carbocycles. The Balaban J connectivity index is 2.04. The average molecular weight is 497 g/mol. The molecule has 0 radical (unpaired) electrons. The molecule has 1 heterocycles. The van der Waals surface area contributed by atoms with E-state index < -0.39 is 54.5 Å². The Bertz CT molecular complexity index is 867. The van der Waals surface area contributed by atoms with Gasteiger partial charge in [0.05, 0.1) is 12.6 Å². The molecule has 1 aliphatic rings. The van der Waals surface area contributed by atoms with E-state index in [2.05, 4.69) is 10.6 Å². The van der Waals surface area contributed by atoms with Crippen molar-refractivity contribution in [3.63, 3.8) is 0 Å². The first-order valence-corrected chi connectivity index (χ1v) is 12.3. The molecule has 0 spiro atoms. The van der Waals surface area contributed by atoms with Crippen LogP contribution in [0.5, 0.6) is 5.75 Å². The van der Waals surface area contributed by atoms with Gasteiger partial charge in [-0.2, -0.15) is 11.8 Å². The normalized spacial score (nSPS) is 18.1. The van der Waals surface area contributed by atoms with Gasteiger partial charge in [0, 0.05) is 13.0 Å². The Hall–Kier alpha value is -2.83. The maximum atomic E-state index is 13.0. The number of thioether (sulfide) groups is 1.